The lowest BCUT2D eigenvalue weighted by Crippen LogP contribution is -2.19. The molecule has 0 aromatic rings. The number of rotatable bonds is 7. The Morgan fingerprint density at radius 2 is 1.93 bits per heavy atom. The molecule has 0 amide bonds. The summed E-state index contributed by atoms with van der Waals surface area (Å²) in [5, 5.41) is 17.0. The van der Waals surface area contributed by atoms with Gasteiger partial charge < -0.3 is 19.6 Å². The molecule has 0 saturated carbocycles. The van der Waals surface area contributed by atoms with Crippen LogP contribution in [0.15, 0.2) is 0 Å². The Balaban J connectivity index is 4.35. The second kappa shape index (κ2) is 5.85. The molecule has 0 bridgehead atoms. The van der Waals surface area contributed by atoms with Crippen LogP contribution in [0.25, 0.3) is 0 Å². The van der Waals surface area contributed by atoms with E-state index < -0.39 is 31.6 Å². The van der Waals surface area contributed by atoms with Crippen LogP contribution < -0.4 is 0 Å². The van der Waals surface area contributed by atoms with Crippen molar-refractivity contribution >= 4 is 19.5 Å². The molecule has 0 aromatic heterocycles. The van der Waals surface area contributed by atoms with Crippen LogP contribution >= 0.6 is 7.60 Å². The summed E-state index contributed by atoms with van der Waals surface area (Å²) in [5.41, 5.74) is 0. The largest absolute Gasteiger partial charge is 0.481 e. The van der Waals surface area contributed by atoms with Crippen molar-refractivity contribution in [2.45, 2.75) is 12.8 Å². The molecular formula is C7H13O7P. The van der Waals surface area contributed by atoms with E-state index in [9.17, 15) is 14.2 Å². The van der Waals surface area contributed by atoms with Crippen molar-refractivity contribution in [1.82, 2.24) is 0 Å². The molecule has 3 N–H and O–H groups in total. The molecule has 0 aliphatic rings. The third kappa shape index (κ3) is 6.22. The van der Waals surface area contributed by atoms with Crippen molar-refractivity contribution in [3.63, 3.8) is 0 Å². The fourth-order valence-electron chi connectivity index (χ4n) is 0.944. The zero-order valence-electron chi connectivity index (χ0n) is 8.12. The lowest BCUT2D eigenvalue weighted by Gasteiger charge is -2.14. The fraction of sp³-hybridized carbons (Fsp3) is 0.714. The van der Waals surface area contributed by atoms with Crippen molar-refractivity contribution < 1.29 is 33.8 Å². The van der Waals surface area contributed by atoms with Gasteiger partial charge in [-0.15, -0.1) is 0 Å². The summed E-state index contributed by atoms with van der Waals surface area (Å²) in [7, 11) is -2.92. The van der Waals surface area contributed by atoms with Gasteiger partial charge in [-0.3, -0.25) is 14.2 Å². The van der Waals surface area contributed by atoms with Crippen LogP contribution in [-0.4, -0.2) is 40.3 Å². The normalized spacial score (nSPS) is 16.7. The molecule has 8 heteroatoms. The van der Waals surface area contributed by atoms with Crippen LogP contribution in [0.2, 0.25) is 0 Å². The van der Waals surface area contributed by atoms with Gasteiger partial charge in [0.05, 0.1) is 12.1 Å². The summed E-state index contributed by atoms with van der Waals surface area (Å²) in [6, 6.07) is 0. The van der Waals surface area contributed by atoms with Crippen molar-refractivity contribution in [1.29, 1.82) is 0 Å². The van der Waals surface area contributed by atoms with Crippen LogP contribution in [0.1, 0.15) is 12.8 Å². The van der Waals surface area contributed by atoms with E-state index >= 15 is 0 Å². The highest BCUT2D eigenvalue weighted by molar-refractivity contribution is 7.52. The number of hydrogen-bond acceptors (Lipinski definition) is 4. The molecule has 2 unspecified atom stereocenters. The fourth-order valence-corrected chi connectivity index (χ4v) is 1.99. The molecule has 0 fully saturated rings. The van der Waals surface area contributed by atoms with Gasteiger partial charge in [0.25, 0.3) is 0 Å². The van der Waals surface area contributed by atoms with Crippen molar-refractivity contribution in [2.24, 2.45) is 5.92 Å². The number of hydrogen-bond donors (Lipinski definition) is 3. The van der Waals surface area contributed by atoms with E-state index in [1.165, 1.54) is 0 Å². The number of carboxylic acid groups (broad SMARTS) is 2. The van der Waals surface area contributed by atoms with E-state index in [2.05, 4.69) is 4.52 Å². The topological polar surface area (TPSA) is 121 Å². The monoisotopic (exact) mass is 240 g/mol. The Morgan fingerprint density at radius 3 is 2.27 bits per heavy atom. The molecule has 7 nitrogen and oxygen atoms in total. The summed E-state index contributed by atoms with van der Waals surface area (Å²) in [5.74, 6) is -3.63. The van der Waals surface area contributed by atoms with E-state index in [0.717, 1.165) is 7.11 Å². The number of aliphatic carboxylic acids is 2. The maximum Gasteiger partial charge on any atom is 0.328 e. The zero-order valence-corrected chi connectivity index (χ0v) is 9.01. The van der Waals surface area contributed by atoms with Gasteiger partial charge in [0.2, 0.25) is 0 Å². The highest BCUT2D eigenvalue weighted by atomic mass is 31.2. The van der Waals surface area contributed by atoms with Crippen LogP contribution in [0.5, 0.6) is 0 Å². The van der Waals surface area contributed by atoms with Crippen LogP contribution in [-0.2, 0) is 18.7 Å². The third-order valence-corrected chi connectivity index (χ3v) is 3.27. The second-order valence-corrected chi connectivity index (χ2v) is 4.98. The van der Waals surface area contributed by atoms with Gasteiger partial charge in [-0.1, -0.05) is 0 Å². The Morgan fingerprint density at radius 1 is 1.40 bits per heavy atom. The van der Waals surface area contributed by atoms with E-state index in [4.69, 9.17) is 15.1 Å². The minimum atomic E-state index is -3.92. The number of carbonyl (C=O) groups is 2. The first kappa shape index (κ1) is 14.1. The first-order chi connectivity index (χ1) is 6.78. The molecule has 2 atom stereocenters. The predicted molar refractivity (Wildman–Crippen MR) is 49.7 cm³/mol. The Hall–Kier alpha value is -0.910. The van der Waals surface area contributed by atoms with Gasteiger partial charge in [0, 0.05) is 13.5 Å². The summed E-state index contributed by atoms with van der Waals surface area (Å²) >= 11 is 0. The average molecular weight is 240 g/mol. The van der Waals surface area contributed by atoms with E-state index in [1.807, 2.05) is 0 Å². The Labute approximate surface area is 86.2 Å². The summed E-state index contributed by atoms with van der Waals surface area (Å²) in [6.07, 6.45) is -1.13. The number of carboxylic acids is 2. The van der Waals surface area contributed by atoms with Crippen LogP contribution in [0.4, 0.5) is 0 Å². The quantitative estimate of drug-likeness (QED) is 0.550. The van der Waals surface area contributed by atoms with E-state index in [0.29, 0.717) is 0 Å². The summed E-state index contributed by atoms with van der Waals surface area (Å²) < 4.78 is 15.3. The molecule has 0 rings (SSSR count). The second-order valence-electron chi connectivity index (χ2n) is 2.97. The van der Waals surface area contributed by atoms with Crippen molar-refractivity contribution in [2.75, 3.05) is 13.3 Å². The van der Waals surface area contributed by atoms with Gasteiger partial charge in [-0.2, -0.15) is 0 Å². The first-order valence-electron chi connectivity index (χ1n) is 4.10. The third-order valence-electron chi connectivity index (χ3n) is 1.79. The van der Waals surface area contributed by atoms with Gasteiger partial charge in [-0.25, -0.2) is 0 Å². The smallest absolute Gasteiger partial charge is 0.328 e. The lowest BCUT2D eigenvalue weighted by molar-refractivity contribution is -0.142. The zero-order chi connectivity index (χ0) is 12.1. The standard InChI is InChI=1S/C7H13O7P/c1-14-15(12,13)4-5(7(10)11)2-3-6(8)9/h5H,2-4H2,1H3,(H,8,9)(H,10,11)(H,12,13). The highest BCUT2D eigenvalue weighted by Crippen LogP contribution is 2.43. The lowest BCUT2D eigenvalue weighted by atomic mass is 10.1. The van der Waals surface area contributed by atoms with E-state index in [1.54, 1.807) is 0 Å². The van der Waals surface area contributed by atoms with Crippen LogP contribution in [0, 0.1) is 5.92 Å². The van der Waals surface area contributed by atoms with E-state index in [-0.39, 0.29) is 12.8 Å². The molecule has 0 spiro atoms. The molecule has 0 saturated heterocycles. The molecule has 15 heavy (non-hydrogen) atoms. The first-order valence-corrected chi connectivity index (χ1v) is 5.87. The van der Waals surface area contributed by atoms with Gasteiger partial charge in [0.15, 0.2) is 0 Å². The molecule has 0 radical (unpaired) electrons. The molecule has 0 aliphatic heterocycles. The summed E-state index contributed by atoms with van der Waals surface area (Å²) in [6.45, 7) is 0. The van der Waals surface area contributed by atoms with Gasteiger partial charge in [0.1, 0.15) is 0 Å². The Kier molecular flexibility index (Phi) is 5.49. The van der Waals surface area contributed by atoms with Crippen molar-refractivity contribution in [3.05, 3.63) is 0 Å². The molecular weight excluding hydrogens is 227 g/mol. The van der Waals surface area contributed by atoms with Crippen molar-refractivity contribution in [3.8, 4) is 0 Å². The average Bonchev–Trinajstić information content (AvgIpc) is 2.11. The molecule has 0 heterocycles. The highest BCUT2D eigenvalue weighted by Gasteiger charge is 2.29. The SMILES string of the molecule is COP(=O)(O)CC(CCC(=O)O)C(=O)O. The maximum absolute atomic E-state index is 11.1. The molecule has 0 aliphatic carbocycles. The van der Waals surface area contributed by atoms with Crippen LogP contribution in [0.3, 0.4) is 0 Å². The Bertz CT molecular complexity index is 287. The molecule has 88 valence electrons. The predicted octanol–water partition coefficient (Wildman–Crippen LogP) is 0.384. The maximum atomic E-state index is 11.1. The minimum Gasteiger partial charge on any atom is -0.481 e. The summed E-state index contributed by atoms with van der Waals surface area (Å²) in [4.78, 5) is 29.9. The van der Waals surface area contributed by atoms with Gasteiger partial charge >= 0.3 is 19.5 Å². The minimum absolute atomic E-state index is 0.196. The van der Waals surface area contributed by atoms with Gasteiger partial charge in [-0.05, 0) is 6.42 Å². The molecule has 0 aromatic carbocycles.